The summed E-state index contributed by atoms with van der Waals surface area (Å²) in [6, 6.07) is 31.3. The highest BCUT2D eigenvalue weighted by atomic mass is 32.2. The molecule has 0 aliphatic heterocycles. The zero-order valence-electron chi connectivity index (χ0n) is 27.2. The van der Waals surface area contributed by atoms with Crippen molar-refractivity contribution in [3.8, 4) is 5.75 Å². The van der Waals surface area contributed by atoms with Gasteiger partial charge in [-0.05, 0) is 79.3 Å². The molecule has 0 unspecified atom stereocenters. The molecule has 0 radical (unpaired) electrons. The molecular formula is C37H43N3O5S2. The van der Waals surface area contributed by atoms with Crippen molar-refractivity contribution in [3.63, 3.8) is 0 Å². The van der Waals surface area contributed by atoms with Crippen LogP contribution < -0.4 is 14.4 Å². The van der Waals surface area contributed by atoms with Gasteiger partial charge in [-0.1, -0.05) is 74.0 Å². The van der Waals surface area contributed by atoms with Crippen LogP contribution in [-0.2, 0) is 32.6 Å². The Morgan fingerprint density at radius 1 is 0.830 bits per heavy atom. The average molecular weight is 674 g/mol. The van der Waals surface area contributed by atoms with E-state index in [1.807, 2.05) is 80.8 Å². The zero-order chi connectivity index (χ0) is 33.6. The van der Waals surface area contributed by atoms with Crippen LogP contribution in [0.25, 0.3) is 0 Å². The van der Waals surface area contributed by atoms with Crippen LogP contribution in [0.2, 0.25) is 0 Å². The minimum atomic E-state index is -4.19. The van der Waals surface area contributed by atoms with E-state index in [0.29, 0.717) is 24.6 Å². The molecule has 1 N–H and O–H groups in total. The van der Waals surface area contributed by atoms with Gasteiger partial charge in [0.05, 0.1) is 17.2 Å². The van der Waals surface area contributed by atoms with Crippen molar-refractivity contribution < 1.29 is 22.7 Å². The highest BCUT2D eigenvalue weighted by Gasteiger charge is 2.34. The molecule has 0 heterocycles. The minimum Gasteiger partial charge on any atom is -0.494 e. The summed E-state index contributed by atoms with van der Waals surface area (Å²) in [7, 11) is -4.19. The second-order valence-electron chi connectivity index (χ2n) is 11.0. The third kappa shape index (κ3) is 9.86. The SMILES string of the molecule is CCCCNC(=O)[C@H](Cc1ccccc1)N(Cc1ccccc1)C(=O)CN(c1ccc(OCC)cc1)S(=O)(=O)c1ccc(SC)cc1. The van der Waals surface area contributed by atoms with Gasteiger partial charge in [-0.2, -0.15) is 0 Å². The number of nitrogens with zero attached hydrogens (tertiary/aromatic N) is 2. The number of ether oxygens (including phenoxy) is 1. The summed E-state index contributed by atoms with van der Waals surface area (Å²) in [6.07, 6.45) is 3.89. The predicted octanol–water partition coefficient (Wildman–Crippen LogP) is 6.56. The molecule has 0 bridgehead atoms. The molecule has 4 aromatic rings. The van der Waals surface area contributed by atoms with Crippen LogP contribution >= 0.6 is 11.8 Å². The number of sulfonamides is 1. The molecule has 47 heavy (non-hydrogen) atoms. The number of nitrogens with one attached hydrogen (secondary N) is 1. The van der Waals surface area contributed by atoms with Gasteiger partial charge < -0.3 is 15.0 Å². The fourth-order valence-electron chi connectivity index (χ4n) is 5.12. The maximum atomic E-state index is 14.6. The fraction of sp³-hybridized carbons (Fsp3) is 0.297. The molecule has 0 aliphatic carbocycles. The van der Waals surface area contributed by atoms with Crippen molar-refractivity contribution in [2.24, 2.45) is 0 Å². The summed E-state index contributed by atoms with van der Waals surface area (Å²) in [4.78, 5) is 30.9. The summed E-state index contributed by atoms with van der Waals surface area (Å²) < 4.78 is 35.2. The molecule has 0 aliphatic rings. The van der Waals surface area contributed by atoms with Crippen LogP contribution in [0.15, 0.2) is 119 Å². The van der Waals surface area contributed by atoms with Crippen molar-refractivity contribution in [2.45, 2.75) is 55.5 Å². The third-order valence-corrected chi connectivity index (χ3v) is 10.2. The van der Waals surface area contributed by atoms with Gasteiger partial charge in [0.25, 0.3) is 10.0 Å². The van der Waals surface area contributed by atoms with Crippen LogP contribution in [0.1, 0.15) is 37.8 Å². The Kier molecular flexibility index (Phi) is 13.3. The number of carbonyl (C=O) groups excluding carboxylic acids is 2. The number of rotatable bonds is 17. The zero-order valence-corrected chi connectivity index (χ0v) is 28.8. The van der Waals surface area contributed by atoms with Gasteiger partial charge in [0, 0.05) is 24.4 Å². The van der Waals surface area contributed by atoms with Gasteiger partial charge in [0.1, 0.15) is 18.3 Å². The first-order valence-electron chi connectivity index (χ1n) is 15.8. The summed E-state index contributed by atoms with van der Waals surface area (Å²) in [5.74, 6) is -0.199. The van der Waals surface area contributed by atoms with Gasteiger partial charge in [-0.3, -0.25) is 13.9 Å². The van der Waals surface area contributed by atoms with E-state index in [-0.39, 0.29) is 23.8 Å². The molecule has 2 amide bonds. The number of hydrogen-bond acceptors (Lipinski definition) is 6. The van der Waals surface area contributed by atoms with Crippen molar-refractivity contribution in [1.82, 2.24) is 10.2 Å². The molecule has 0 saturated carbocycles. The van der Waals surface area contributed by atoms with E-state index in [1.165, 1.54) is 16.7 Å². The molecule has 0 aromatic heterocycles. The Balaban J connectivity index is 1.77. The second-order valence-corrected chi connectivity index (χ2v) is 13.7. The first-order chi connectivity index (χ1) is 22.8. The molecule has 0 fully saturated rings. The molecule has 0 saturated heterocycles. The highest BCUT2D eigenvalue weighted by molar-refractivity contribution is 7.98. The Morgan fingerprint density at radius 3 is 2.02 bits per heavy atom. The van der Waals surface area contributed by atoms with Crippen molar-refractivity contribution in [1.29, 1.82) is 0 Å². The van der Waals surface area contributed by atoms with E-state index in [1.54, 1.807) is 48.5 Å². The van der Waals surface area contributed by atoms with Gasteiger partial charge in [-0.25, -0.2) is 8.42 Å². The van der Waals surface area contributed by atoms with E-state index in [4.69, 9.17) is 4.74 Å². The number of hydrogen-bond donors (Lipinski definition) is 1. The van der Waals surface area contributed by atoms with Crippen molar-refractivity contribution >= 4 is 39.3 Å². The van der Waals surface area contributed by atoms with E-state index in [9.17, 15) is 18.0 Å². The van der Waals surface area contributed by atoms with Gasteiger partial charge in [0.15, 0.2) is 0 Å². The third-order valence-electron chi connectivity index (χ3n) is 7.66. The molecule has 248 valence electrons. The van der Waals surface area contributed by atoms with Crippen LogP contribution in [0.4, 0.5) is 5.69 Å². The molecule has 1 atom stereocenters. The van der Waals surface area contributed by atoms with E-state index < -0.39 is 28.5 Å². The smallest absolute Gasteiger partial charge is 0.264 e. The molecule has 0 spiro atoms. The average Bonchev–Trinajstić information content (AvgIpc) is 3.10. The fourth-order valence-corrected chi connectivity index (χ4v) is 6.94. The van der Waals surface area contributed by atoms with E-state index >= 15 is 0 Å². The maximum Gasteiger partial charge on any atom is 0.264 e. The molecule has 8 nitrogen and oxygen atoms in total. The molecular weight excluding hydrogens is 631 g/mol. The number of unbranched alkanes of at least 4 members (excludes halogenated alkanes) is 1. The Hall–Kier alpha value is -4.28. The molecule has 10 heteroatoms. The Labute approximate surface area is 283 Å². The van der Waals surface area contributed by atoms with Crippen LogP contribution in [0.3, 0.4) is 0 Å². The van der Waals surface area contributed by atoms with Crippen molar-refractivity contribution in [3.05, 3.63) is 120 Å². The van der Waals surface area contributed by atoms with Crippen LogP contribution in [0, 0.1) is 0 Å². The number of amides is 2. The maximum absolute atomic E-state index is 14.6. The quantitative estimate of drug-likeness (QED) is 0.101. The second kappa shape index (κ2) is 17.6. The predicted molar refractivity (Wildman–Crippen MR) is 189 cm³/mol. The van der Waals surface area contributed by atoms with E-state index in [0.717, 1.165) is 33.2 Å². The number of thioether (sulfide) groups is 1. The Bertz CT molecular complexity index is 1670. The van der Waals surface area contributed by atoms with Gasteiger partial charge in [0.2, 0.25) is 11.8 Å². The number of carbonyl (C=O) groups is 2. The summed E-state index contributed by atoms with van der Waals surface area (Å²) in [6.45, 7) is 4.46. The molecule has 4 aromatic carbocycles. The van der Waals surface area contributed by atoms with Gasteiger partial charge >= 0.3 is 0 Å². The lowest BCUT2D eigenvalue weighted by atomic mass is 10.0. The van der Waals surface area contributed by atoms with Crippen molar-refractivity contribution in [2.75, 3.05) is 30.3 Å². The number of anilines is 1. The topological polar surface area (TPSA) is 96.0 Å². The Morgan fingerprint density at radius 2 is 1.45 bits per heavy atom. The minimum absolute atomic E-state index is 0.0599. The number of benzene rings is 4. The van der Waals surface area contributed by atoms with Crippen LogP contribution in [-0.4, -0.2) is 57.1 Å². The van der Waals surface area contributed by atoms with Gasteiger partial charge in [-0.15, -0.1) is 11.8 Å². The lowest BCUT2D eigenvalue weighted by Crippen LogP contribution is -2.53. The van der Waals surface area contributed by atoms with E-state index in [2.05, 4.69) is 5.32 Å². The highest BCUT2D eigenvalue weighted by Crippen LogP contribution is 2.28. The molecule has 4 rings (SSSR count). The first kappa shape index (κ1) is 35.6. The summed E-state index contributed by atoms with van der Waals surface area (Å²) in [5.41, 5.74) is 2.02. The summed E-state index contributed by atoms with van der Waals surface area (Å²) >= 11 is 1.51. The summed E-state index contributed by atoms with van der Waals surface area (Å²) in [5, 5.41) is 3.01. The lowest BCUT2D eigenvalue weighted by Gasteiger charge is -2.34. The standard InChI is InChI=1S/C37H43N3O5S2/c1-4-6-25-38-37(42)35(26-29-13-9-7-10-14-29)39(27-30-15-11-8-12-16-30)36(41)28-40(31-17-19-32(20-18-31)45-5-2)47(43,44)34-23-21-33(46-3)22-24-34/h7-24,35H,4-6,25-28H2,1-3H3,(H,38,42)/t35-/m0/s1. The monoisotopic (exact) mass is 673 g/mol. The normalized spacial score (nSPS) is 11.8. The van der Waals surface area contributed by atoms with Crippen LogP contribution in [0.5, 0.6) is 5.75 Å². The first-order valence-corrected chi connectivity index (χ1v) is 18.5. The lowest BCUT2D eigenvalue weighted by molar-refractivity contribution is -0.140. The largest absolute Gasteiger partial charge is 0.494 e.